The number of carboxylic acids is 1. The van der Waals surface area contributed by atoms with E-state index in [9.17, 15) is 14.7 Å². The van der Waals surface area contributed by atoms with E-state index in [0.717, 1.165) is 11.1 Å². The highest BCUT2D eigenvalue weighted by Crippen LogP contribution is 2.35. The van der Waals surface area contributed by atoms with E-state index < -0.39 is 17.8 Å². The van der Waals surface area contributed by atoms with Crippen LogP contribution < -0.4 is 5.11 Å². The van der Waals surface area contributed by atoms with Gasteiger partial charge in [0.25, 0.3) is 0 Å². The summed E-state index contributed by atoms with van der Waals surface area (Å²) in [5.74, 6) is -2.35. The number of hydrogen-bond acceptors (Lipinski definition) is 4. The number of aliphatic carboxylic acids is 1. The van der Waals surface area contributed by atoms with E-state index in [0.29, 0.717) is 39.1 Å². The molecule has 1 saturated heterocycles. The van der Waals surface area contributed by atoms with Crippen LogP contribution >= 0.6 is 0 Å². The van der Waals surface area contributed by atoms with Gasteiger partial charge in [-0.1, -0.05) is 11.1 Å². The molecule has 0 bridgehead atoms. The number of carboxylic acid groups (broad SMARTS) is 1. The van der Waals surface area contributed by atoms with E-state index in [2.05, 4.69) is 0 Å². The smallest absolute Gasteiger partial charge is 0.226 e. The van der Waals surface area contributed by atoms with Crippen LogP contribution in [0.1, 0.15) is 26.7 Å². The molecule has 1 heterocycles. The largest absolute Gasteiger partial charge is 0.550 e. The summed E-state index contributed by atoms with van der Waals surface area (Å²) in [6.45, 7) is 6.07. The molecule has 0 radical (unpaired) electrons. The molecule has 0 saturated carbocycles. The van der Waals surface area contributed by atoms with Crippen molar-refractivity contribution in [1.82, 2.24) is 4.90 Å². The van der Waals surface area contributed by atoms with Crippen molar-refractivity contribution in [1.29, 1.82) is 0 Å². The van der Waals surface area contributed by atoms with Crippen molar-refractivity contribution >= 4 is 11.9 Å². The summed E-state index contributed by atoms with van der Waals surface area (Å²) in [5.41, 5.74) is 2.20. The molecule has 0 unspecified atom stereocenters. The number of nitrogens with zero attached hydrogens (tertiary/aromatic N) is 1. The molecule has 5 nitrogen and oxygen atoms in total. The van der Waals surface area contributed by atoms with E-state index in [4.69, 9.17) is 4.74 Å². The van der Waals surface area contributed by atoms with Crippen molar-refractivity contribution in [2.75, 3.05) is 26.3 Å². The fraction of sp³-hybridized carbons (Fsp3) is 0.714. The van der Waals surface area contributed by atoms with Gasteiger partial charge in [0.05, 0.1) is 19.1 Å². The summed E-state index contributed by atoms with van der Waals surface area (Å²) in [4.78, 5) is 25.5. The van der Waals surface area contributed by atoms with Crippen molar-refractivity contribution in [3.63, 3.8) is 0 Å². The van der Waals surface area contributed by atoms with Crippen LogP contribution in [0.2, 0.25) is 0 Å². The van der Waals surface area contributed by atoms with Crippen LogP contribution in [-0.4, -0.2) is 43.1 Å². The molecule has 0 aromatic carbocycles. The molecule has 2 rings (SSSR count). The fourth-order valence-corrected chi connectivity index (χ4v) is 2.82. The Balaban J connectivity index is 2.15. The Hall–Kier alpha value is -1.36. The third-order valence-electron chi connectivity index (χ3n) is 4.21. The van der Waals surface area contributed by atoms with E-state index in [1.807, 2.05) is 13.8 Å². The van der Waals surface area contributed by atoms with Gasteiger partial charge in [-0.2, -0.15) is 0 Å². The molecule has 0 N–H and O–H groups in total. The summed E-state index contributed by atoms with van der Waals surface area (Å²) in [6, 6.07) is 0. The molecule has 0 spiro atoms. The van der Waals surface area contributed by atoms with Crippen LogP contribution in [-0.2, 0) is 14.3 Å². The molecule has 1 aliphatic carbocycles. The predicted octanol–water partition coefficient (Wildman–Crippen LogP) is -0.0423. The zero-order valence-corrected chi connectivity index (χ0v) is 11.5. The Bertz CT molecular complexity index is 410. The van der Waals surface area contributed by atoms with Gasteiger partial charge in [0, 0.05) is 25.0 Å². The highest BCUT2D eigenvalue weighted by molar-refractivity contribution is 5.85. The van der Waals surface area contributed by atoms with Crippen LogP contribution in [0.25, 0.3) is 0 Å². The number of allylic oxidation sites excluding steroid dienone is 2. The molecule has 2 aliphatic rings. The molecule has 1 fully saturated rings. The first-order valence-electron chi connectivity index (χ1n) is 6.73. The number of ether oxygens (including phenoxy) is 1. The number of rotatable bonds is 2. The number of carbonyl (C=O) groups excluding carboxylic acids is 2. The molecular formula is C14H20NO4-. The summed E-state index contributed by atoms with van der Waals surface area (Å²) < 4.78 is 5.22. The minimum atomic E-state index is -1.11. The lowest BCUT2D eigenvalue weighted by molar-refractivity contribution is -0.313. The van der Waals surface area contributed by atoms with E-state index in [1.54, 1.807) is 4.90 Å². The van der Waals surface area contributed by atoms with Crippen molar-refractivity contribution in [3.8, 4) is 0 Å². The lowest BCUT2D eigenvalue weighted by Crippen LogP contribution is -2.49. The first-order chi connectivity index (χ1) is 9.00. The van der Waals surface area contributed by atoms with Gasteiger partial charge in [0.2, 0.25) is 5.91 Å². The van der Waals surface area contributed by atoms with Crippen LogP contribution in [0, 0.1) is 11.8 Å². The molecule has 19 heavy (non-hydrogen) atoms. The monoisotopic (exact) mass is 266 g/mol. The third kappa shape index (κ3) is 2.97. The maximum Gasteiger partial charge on any atom is 0.226 e. The zero-order valence-electron chi connectivity index (χ0n) is 11.5. The van der Waals surface area contributed by atoms with Crippen molar-refractivity contribution in [3.05, 3.63) is 11.1 Å². The molecule has 1 amide bonds. The molecule has 0 aromatic rings. The highest BCUT2D eigenvalue weighted by Gasteiger charge is 2.36. The zero-order chi connectivity index (χ0) is 14.0. The normalized spacial score (nSPS) is 28.4. The SMILES string of the molecule is CC1=C(C)C[C@H](C(=O)N2CCOCC2)[C@@H](C(=O)[O-])C1. The van der Waals surface area contributed by atoms with E-state index in [-0.39, 0.29) is 5.91 Å². The average molecular weight is 266 g/mol. The Morgan fingerprint density at radius 3 is 2.16 bits per heavy atom. The molecule has 0 aromatic heterocycles. The fourth-order valence-electron chi connectivity index (χ4n) is 2.82. The molecule has 2 atom stereocenters. The van der Waals surface area contributed by atoms with Gasteiger partial charge in [-0.25, -0.2) is 0 Å². The topological polar surface area (TPSA) is 69.7 Å². The molecule has 5 heteroatoms. The molecule has 106 valence electrons. The second-order valence-electron chi connectivity index (χ2n) is 5.44. The van der Waals surface area contributed by atoms with Gasteiger partial charge in [-0.05, 0) is 26.7 Å². The quantitative estimate of drug-likeness (QED) is 0.657. The standard InChI is InChI=1S/C14H21NO4/c1-9-7-11(12(14(17)18)8-10(9)2)13(16)15-3-5-19-6-4-15/h11-12H,3-8H2,1-2H3,(H,17,18)/p-1/t11-,12-/m0/s1. The lowest BCUT2D eigenvalue weighted by Gasteiger charge is -2.37. The van der Waals surface area contributed by atoms with Crippen molar-refractivity contribution in [2.45, 2.75) is 26.7 Å². The Labute approximate surface area is 113 Å². The van der Waals surface area contributed by atoms with Gasteiger partial charge in [0.1, 0.15) is 0 Å². The second-order valence-corrected chi connectivity index (χ2v) is 5.44. The first kappa shape index (κ1) is 14.1. The Morgan fingerprint density at radius 2 is 1.63 bits per heavy atom. The van der Waals surface area contributed by atoms with E-state index >= 15 is 0 Å². The minimum Gasteiger partial charge on any atom is -0.550 e. The average Bonchev–Trinajstić information content (AvgIpc) is 2.41. The number of hydrogen-bond donors (Lipinski definition) is 0. The van der Waals surface area contributed by atoms with Gasteiger partial charge in [0.15, 0.2) is 0 Å². The Kier molecular flexibility index (Phi) is 4.24. The van der Waals surface area contributed by atoms with Crippen molar-refractivity contribution in [2.24, 2.45) is 11.8 Å². The highest BCUT2D eigenvalue weighted by atomic mass is 16.5. The maximum absolute atomic E-state index is 12.5. The van der Waals surface area contributed by atoms with Crippen LogP contribution in [0.3, 0.4) is 0 Å². The predicted molar refractivity (Wildman–Crippen MR) is 67.0 cm³/mol. The van der Waals surface area contributed by atoms with Gasteiger partial charge in [-0.15, -0.1) is 0 Å². The first-order valence-corrected chi connectivity index (χ1v) is 6.73. The van der Waals surface area contributed by atoms with Gasteiger partial charge in [-0.3, -0.25) is 4.79 Å². The molecule has 1 aliphatic heterocycles. The summed E-state index contributed by atoms with van der Waals surface area (Å²) in [7, 11) is 0. The molecular weight excluding hydrogens is 246 g/mol. The number of carbonyl (C=O) groups is 2. The summed E-state index contributed by atoms with van der Waals surface area (Å²) >= 11 is 0. The third-order valence-corrected chi connectivity index (χ3v) is 4.21. The second kappa shape index (κ2) is 5.74. The van der Waals surface area contributed by atoms with Crippen LogP contribution in [0.5, 0.6) is 0 Å². The van der Waals surface area contributed by atoms with E-state index in [1.165, 1.54) is 0 Å². The van der Waals surface area contributed by atoms with Crippen LogP contribution in [0.15, 0.2) is 11.1 Å². The van der Waals surface area contributed by atoms with Crippen molar-refractivity contribution < 1.29 is 19.4 Å². The van der Waals surface area contributed by atoms with Gasteiger partial charge < -0.3 is 19.5 Å². The number of morpholine rings is 1. The summed E-state index contributed by atoms with van der Waals surface area (Å²) in [5, 5.41) is 11.3. The van der Waals surface area contributed by atoms with Gasteiger partial charge >= 0.3 is 0 Å². The maximum atomic E-state index is 12.5. The minimum absolute atomic E-state index is 0.0654. The Morgan fingerprint density at radius 1 is 1.11 bits per heavy atom. The van der Waals surface area contributed by atoms with Crippen LogP contribution in [0.4, 0.5) is 0 Å². The summed E-state index contributed by atoms with van der Waals surface area (Å²) in [6.07, 6.45) is 0.954. The number of amides is 1. The lowest BCUT2D eigenvalue weighted by atomic mass is 9.76.